The zero-order valence-electron chi connectivity index (χ0n) is 8.78. The molecule has 2 N–H and O–H groups in total. The van der Waals surface area contributed by atoms with Gasteiger partial charge in [0.05, 0.1) is 13.2 Å². The third kappa shape index (κ3) is 5.31. The minimum atomic E-state index is -0.876. The molecule has 0 fully saturated rings. The van der Waals surface area contributed by atoms with Gasteiger partial charge in [-0.2, -0.15) is 0 Å². The van der Waals surface area contributed by atoms with Gasteiger partial charge < -0.3 is 15.2 Å². The van der Waals surface area contributed by atoms with Crippen LogP contribution in [-0.4, -0.2) is 30.8 Å². The van der Waals surface area contributed by atoms with Crippen molar-refractivity contribution in [3.05, 3.63) is 30.1 Å². The first kappa shape index (κ1) is 12.4. The predicted octanol–water partition coefficient (Wildman–Crippen LogP) is 1.27. The maximum absolute atomic E-state index is 12.5. The van der Waals surface area contributed by atoms with E-state index in [-0.39, 0.29) is 12.4 Å². The van der Waals surface area contributed by atoms with E-state index >= 15 is 0 Å². The van der Waals surface area contributed by atoms with Gasteiger partial charge in [0, 0.05) is 0 Å². The zero-order chi connectivity index (χ0) is 11.8. The number of carboxylic acids is 1. The number of carbonyl (C=O) groups is 1. The molecule has 0 spiro atoms. The Morgan fingerprint density at radius 2 is 2.06 bits per heavy atom. The van der Waals surface area contributed by atoms with E-state index in [2.05, 4.69) is 5.32 Å². The van der Waals surface area contributed by atoms with Crippen LogP contribution < -0.4 is 10.1 Å². The van der Waals surface area contributed by atoms with Gasteiger partial charge in [-0.25, -0.2) is 4.39 Å². The number of nitrogens with one attached hydrogen (secondary N) is 1. The predicted molar refractivity (Wildman–Crippen MR) is 57.0 cm³/mol. The summed E-state index contributed by atoms with van der Waals surface area (Å²) in [6, 6.07) is 5.77. The van der Waals surface area contributed by atoms with Gasteiger partial charge in [0.15, 0.2) is 0 Å². The summed E-state index contributed by atoms with van der Waals surface area (Å²) in [5, 5.41) is 11.1. The lowest BCUT2D eigenvalue weighted by Gasteiger charge is -2.05. The number of hydrogen-bond acceptors (Lipinski definition) is 3. The van der Waals surface area contributed by atoms with Gasteiger partial charge in [0.25, 0.3) is 0 Å². The average Bonchev–Trinajstić information content (AvgIpc) is 2.25. The second-order valence-electron chi connectivity index (χ2n) is 3.23. The molecule has 0 aromatic heterocycles. The number of benzene rings is 1. The Labute approximate surface area is 93.0 Å². The Bertz CT molecular complexity index is 327. The highest BCUT2D eigenvalue weighted by Gasteiger charge is 1.96. The SMILES string of the molecule is O=C(O)CNCCCOc1ccc(F)cc1. The minimum absolute atomic E-state index is 0.0451. The van der Waals surface area contributed by atoms with Crippen molar-refractivity contribution >= 4 is 5.97 Å². The molecule has 5 heteroatoms. The molecular weight excluding hydrogens is 213 g/mol. The fourth-order valence-corrected chi connectivity index (χ4v) is 1.11. The van der Waals surface area contributed by atoms with Crippen LogP contribution in [0.25, 0.3) is 0 Å². The Kier molecular flexibility index (Phi) is 5.28. The molecule has 0 heterocycles. The van der Waals surface area contributed by atoms with E-state index in [9.17, 15) is 9.18 Å². The third-order valence-electron chi connectivity index (χ3n) is 1.86. The van der Waals surface area contributed by atoms with Gasteiger partial charge in [0.2, 0.25) is 0 Å². The van der Waals surface area contributed by atoms with Crippen molar-refractivity contribution in [1.29, 1.82) is 0 Å². The molecule has 1 aromatic rings. The summed E-state index contributed by atoms with van der Waals surface area (Å²) in [5.74, 6) is -0.561. The van der Waals surface area contributed by atoms with Crippen molar-refractivity contribution in [3.63, 3.8) is 0 Å². The van der Waals surface area contributed by atoms with Crippen molar-refractivity contribution in [3.8, 4) is 5.75 Å². The second kappa shape index (κ2) is 6.79. The molecule has 0 saturated heterocycles. The summed E-state index contributed by atoms with van der Waals surface area (Å²) in [5.41, 5.74) is 0. The normalized spacial score (nSPS) is 10.1. The fourth-order valence-electron chi connectivity index (χ4n) is 1.11. The van der Waals surface area contributed by atoms with E-state index in [1.807, 2.05) is 0 Å². The van der Waals surface area contributed by atoms with E-state index < -0.39 is 5.97 Å². The zero-order valence-corrected chi connectivity index (χ0v) is 8.78. The fraction of sp³-hybridized carbons (Fsp3) is 0.364. The Morgan fingerprint density at radius 3 is 2.69 bits per heavy atom. The van der Waals surface area contributed by atoms with Gasteiger partial charge in [-0.3, -0.25) is 4.79 Å². The number of hydrogen-bond donors (Lipinski definition) is 2. The monoisotopic (exact) mass is 227 g/mol. The lowest BCUT2D eigenvalue weighted by molar-refractivity contribution is -0.135. The van der Waals surface area contributed by atoms with Crippen molar-refractivity contribution < 1.29 is 19.0 Å². The number of carboxylic acid groups (broad SMARTS) is 1. The van der Waals surface area contributed by atoms with Crippen molar-refractivity contribution in [2.75, 3.05) is 19.7 Å². The van der Waals surface area contributed by atoms with Gasteiger partial charge in [0.1, 0.15) is 11.6 Å². The van der Waals surface area contributed by atoms with Crippen LogP contribution in [0.4, 0.5) is 4.39 Å². The molecule has 0 bridgehead atoms. The van der Waals surface area contributed by atoms with Crippen LogP contribution in [0, 0.1) is 5.82 Å². The molecule has 88 valence electrons. The van der Waals surface area contributed by atoms with Crippen LogP contribution in [-0.2, 0) is 4.79 Å². The second-order valence-corrected chi connectivity index (χ2v) is 3.23. The molecular formula is C11H14FNO3. The molecule has 0 amide bonds. The van der Waals surface area contributed by atoms with E-state index in [0.29, 0.717) is 25.3 Å². The summed E-state index contributed by atoms with van der Waals surface area (Å²) < 4.78 is 17.8. The van der Waals surface area contributed by atoms with Crippen LogP contribution in [0.5, 0.6) is 5.75 Å². The average molecular weight is 227 g/mol. The highest BCUT2D eigenvalue weighted by molar-refractivity contribution is 5.68. The van der Waals surface area contributed by atoms with Crippen LogP contribution in [0.2, 0.25) is 0 Å². The number of halogens is 1. The standard InChI is InChI=1S/C11H14FNO3/c12-9-2-4-10(5-3-9)16-7-1-6-13-8-11(14)15/h2-5,13H,1,6-8H2,(H,14,15). The molecule has 1 rings (SSSR count). The quantitative estimate of drug-likeness (QED) is 0.689. The summed E-state index contributed by atoms with van der Waals surface area (Å²) in [4.78, 5) is 10.2. The molecule has 0 atom stereocenters. The van der Waals surface area contributed by atoms with Crippen LogP contribution in [0.1, 0.15) is 6.42 Å². The molecule has 0 radical (unpaired) electrons. The first-order valence-electron chi connectivity index (χ1n) is 4.99. The number of aliphatic carboxylic acids is 1. The van der Waals surface area contributed by atoms with Crippen molar-refractivity contribution in [1.82, 2.24) is 5.32 Å². The summed E-state index contributed by atoms with van der Waals surface area (Å²) in [6.07, 6.45) is 0.699. The molecule has 1 aromatic carbocycles. The van der Waals surface area contributed by atoms with Gasteiger partial charge >= 0.3 is 5.97 Å². The van der Waals surface area contributed by atoms with Gasteiger partial charge in [-0.15, -0.1) is 0 Å². The third-order valence-corrected chi connectivity index (χ3v) is 1.86. The van der Waals surface area contributed by atoms with Crippen LogP contribution in [0.15, 0.2) is 24.3 Å². The molecule has 0 saturated carbocycles. The van der Waals surface area contributed by atoms with E-state index in [0.717, 1.165) is 0 Å². The summed E-state index contributed by atoms with van der Waals surface area (Å²) >= 11 is 0. The molecule has 0 aliphatic carbocycles. The van der Waals surface area contributed by atoms with Crippen LogP contribution in [0.3, 0.4) is 0 Å². The van der Waals surface area contributed by atoms with Crippen molar-refractivity contribution in [2.24, 2.45) is 0 Å². The van der Waals surface area contributed by atoms with Crippen LogP contribution >= 0.6 is 0 Å². The summed E-state index contributed by atoms with van der Waals surface area (Å²) in [6.45, 7) is 1.00. The van der Waals surface area contributed by atoms with E-state index in [1.54, 1.807) is 12.1 Å². The van der Waals surface area contributed by atoms with Crippen molar-refractivity contribution in [2.45, 2.75) is 6.42 Å². The molecule has 16 heavy (non-hydrogen) atoms. The lowest BCUT2D eigenvalue weighted by Crippen LogP contribution is -2.24. The molecule has 0 aliphatic heterocycles. The topological polar surface area (TPSA) is 58.6 Å². The van der Waals surface area contributed by atoms with Gasteiger partial charge in [-0.1, -0.05) is 0 Å². The maximum atomic E-state index is 12.5. The Morgan fingerprint density at radius 1 is 1.38 bits per heavy atom. The van der Waals surface area contributed by atoms with E-state index in [4.69, 9.17) is 9.84 Å². The lowest BCUT2D eigenvalue weighted by atomic mass is 10.3. The first-order chi connectivity index (χ1) is 7.68. The first-order valence-corrected chi connectivity index (χ1v) is 4.99. The molecule has 0 aliphatic rings. The maximum Gasteiger partial charge on any atom is 0.317 e. The minimum Gasteiger partial charge on any atom is -0.494 e. The summed E-state index contributed by atoms with van der Waals surface area (Å²) in [7, 11) is 0. The number of ether oxygens (including phenoxy) is 1. The van der Waals surface area contributed by atoms with E-state index in [1.165, 1.54) is 12.1 Å². The molecule has 4 nitrogen and oxygen atoms in total. The smallest absolute Gasteiger partial charge is 0.317 e. The highest BCUT2D eigenvalue weighted by Crippen LogP contribution is 2.10. The Balaban J connectivity index is 2.07. The molecule has 0 unspecified atom stereocenters. The largest absolute Gasteiger partial charge is 0.494 e. The highest BCUT2D eigenvalue weighted by atomic mass is 19.1. The van der Waals surface area contributed by atoms with Gasteiger partial charge in [-0.05, 0) is 37.2 Å². The Hall–Kier alpha value is -1.62. The number of rotatable bonds is 7.